The standard InChI is InChI=1S/C13H18FNO4S/c1-19-13(16)3-2-10-20(17,18)15-9-8-11-4-6-12(14)7-5-11/h4-7,15H,2-3,8-10H2,1H3. The van der Waals surface area contributed by atoms with Crippen molar-refractivity contribution in [3.63, 3.8) is 0 Å². The van der Waals surface area contributed by atoms with E-state index in [4.69, 9.17) is 0 Å². The van der Waals surface area contributed by atoms with Crippen molar-refractivity contribution in [1.82, 2.24) is 4.72 Å². The molecule has 5 nitrogen and oxygen atoms in total. The summed E-state index contributed by atoms with van der Waals surface area (Å²) in [4.78, 5) is 10.9. The highest BCUT2D eigenvalue weighted by molar-refractivity contribution is 7.89. The van der Waals surface area contributed by atoms with Gasteiger partial charge in [-0.2, -0.15) is 0 Å². The van der Waals surface area contributed by atoms with E-state index in [1.54, 1.807) is 12.1 Å². The molecule has 0 bridgehead atoms. The van der Waals surface area contributed by atoms with E-state index in [9.17, 15) is 17.6 Å². The lowest BCUT2D eigenvalue weighted by molar-refractivity contribution is -0.140. The SMILES string of the molecule is COC(=O)CCCS(=O)(=O)NCCc1ccc(F)cc1. The smallest absolute Gasteiger partial charge is 0.305 e. The number of methoxy groups -OCH3 is 1. The van der Waals surface area contributed by atoms with Crippen LogP contribution in [-0.4, -0.2) is 33.8 Å². The molecule has 0 unspecified atom stereocenters. The third-order valence-corrected chi connectivity index (χ3v) is 4.14. The molecule has 0 saturated carbocycles. The number of halogens is 1. The molecule has 1 aromatic rings. The van der Waals surface area contributed by atoms with Crippen LogP contribution in [0.15, 0.2) is 24.3 Å². The Morgan fingerprint density at radius 1 is 1.30 bits per heavy atom. The summed E-state index contributed by atoms with van der Waals surface area (Å²) in [5.41, 5.74) is 0.851. The highest BCUT2D eigenvalue weighted by Gasteiger charge is 2.11. The van der Waals surface area contributed by atoms with Crippen LogP contribution in [0, 0.1) is 5.82 Å². The zero-order valence-electron chi connectivity index (χ0n) is 11.3. The average molecular weight is 303 g/mol. The van der Waals surface area contributed by atoms with E-state index in [0.29, 0.717) is 6.42 Å². The van der Waals surface area contributed by atoms with E-state index in [-0.39, 0.29) is 31.0 Å². The predicted molar refractivity (Wildman–Crippen MR) is 73.1 cm³/mol. The van der Waals surface area contributed by atoms with Gasteiger partial charge in [0, 0.05) is 13.0 Å². The van der Waals surface area contributed by atoms with Gasteiger partial charge in [0.2, 0.25) is 10.0 Å². The topological polar surface area (TPSA) is 72.5 Å². The second-order valence-corrected chi connectivity index (χ2v) is 6.20. The Morgan fingerprint density at radius 3 is 2.55 bits per heavy atom. The molecule has 0 aliphatic rings. The van der Waals surface area contributed by atoms with E-state index in [1.807, 2.05) is 0 Å². The molecule has 0 saturated heterocycles. The Hall–Kier alpha value is -1.47. The van der Waals surface area contributed by atoms with Crippen molar-refractivity contribution in [3.05, 3.63) is 35.6 Å². The van der Waals surface area contributed by atoms with Gasteiger partial charge in [0.1, 0.15) is 5.82 Å². The molecule has 20 heavy (non-hydrogen) atoms. The summed E-state index contributed by atoms with van der Waals surface area (Å²) < 4.78 is 42.8. The number of esters is 1. The van der Waals surface area contributed by atoms with Crippen molar-refractivity contribution in [2.45, 2.75) is 19.3 Å². The lowest BCUT2D eigenvalue weighted by atomic mass is 10.1. The molecule has 0 heterocycles. The molecule has 7 heteroatoms. The summed E-state index contributed by atoms with van der Waals surface area (Å²) >= 11 is 0. The molecule has 0 aliphatic heterocycles. The summed E-state index contributed by atoms with van der Waals surface area (Å²) in [7, 11) is -2.13. The van der Waals surface area contributed by atoms with Crippen LogP contribution in [0.1, 0.15) is 18.4 Å². The van der Waals surface area contributed by atoms with Crippen LogP contribution in [0.5, 0.6) is 0 Å². The Balaban J connectivity index is 2.29. The zero-order valence-corrected chi connectivity index (χ0v) is 12.1. The van der Waals surface area contributed by atoms with Crippen LogP contribution in [0.2, 0.25) is 0 Å². The maximum atomic E-state index is 12.7. The van der Waals surface area contributed by atoms with Crippen molar-refractivity contribution in [2.75, 3.05) is 19.4 Å². The van der Waals surface area contributed by atoms with E-state index < -0.39 is 16.0 Å². The van der Waals surface area contributed by atoms with Gasteiger partial charge in [-0.3, -0.25) is 4.79 Å². The Bertz CT molecular complexity index is 528. The molecule has 1 rings (SSSR count). The second-order valence-electron chi connectivity index (χ2n) is 4.27. The van der Waals surface area contributed by atoms with Gasteiger partial charge in [0.15, 0.2) is 0 Å². The number of hydrogen-bond donors (Lipinski definition) is 1. The molecule has 0 amide bonds. The summed E-state index contributed by atoms with van der Waals surface area (Å²) in [6.07, 6.45) is 0.782. The molecule has 0 fully saturated rings. The van der Waals surface area contributed by atoms with E-state index in [0.717, 1.165) is 5.56 Å². The number of carbonyl (C=O) groups is 1. The molecular formula is C13H18FNO4S. The summed E-state index contributed by atoms with van der Waals surface area (Å²) in [6, 6.07) is 5.89. The van der Waals surface area contributed by atoms with Gasteiger partial charge in [-0.15, -0.1) is 0 Å². The summed E-state index contributed by atoms with van der Waals surface area (Å²) in [6.45, 7) is 0.242. The number of sulfonamides is 1. The van der Waals surface area contributed by atoms with Crippen molar-refractivity contribution >= 4 is 16.0 Å². The molecule has 0 atom stereocenters. The molecule has 0 spiro atoms. The van der Waals surface area contributed by atoms with Crippen molar-refractivity contribution in [1.29, 1.82) is 0 Å². The van der Waals surface area contributed by atoms with E-state index in [1.165, 1.54) is 19.2 Å². The van der Waals surface area contributed by atoms with Gasteiger partial charge in [-0.1, -0.05) is 12.1 Å². The van der Waals surface area contributed by atoms with Crippen LogP contribution in [0.3, 0.4) is 0 Å². The van der Waals surface area contributed by atoms with Crippen LogP contribution < -0.4 is 4.72 Å². The maximum absolute atomic E-state index is 12.7. The van der Waals surface area contributed by atoms with Crippen LogP contribution in [0.4, 0.5) is 4.39 Å². The molecule has 0 aliphatic carbocycles. The van der Waals surface area contributed by atoms with E-state index in [2.05, 4.69) is 9.46 Å². The zero-order chi connectivity index (χ0) is 15.0. The number of benzene rings is 1. The summed E-state index contributed by atoms with van der Waals surface area (Å²) in [5, 5.41) is 0. The minimum absolute atomic E-state index is 0.0787. The first-order valence-electron chi connectivity index (χ1n) is 6.21. The quantitative estimate of drug-likeness (QED) is 0.733. The number of hydrogen-bond acceptors (Lipinski definition) is 4. The van der Waals surface area contributed by atoms with Crippen molar-refractivity contribution in [3.8, 4) is 0 Å². The molecule has 112 valence electrons. The Kier molecular flexibility index (Phi) is 6.60. The average Bonchev–Trinajstić information content (AvgIpc) is 2.40. The Morgan fingerprint density at radius 2 is 1.95 bits per heavy atom. The minimum atomic E-state index is -3.40. The van der Waals surface area contributed by atoms with Gasteiger partial charge in [0.25, 0.3) is 0 Å². The van der Waals surface area contributed by atoms with Gasteiger partial charge >= 0.3 is 5.97 Å². The first-order chi connectivity index (χ1) is 9.43. The number of nitrogens with one attached hydrogen (secondary N) is 1. The van der Waals surface area contributed by atoms with Gasteiger partial charge in [-0.05, 0) is 30.5 Å². The first kappa shape index (κ1) is 16.6. The van der Waals surface area contributed by atoms with Crippen LogP contribution in [0.25, 0.3) is 0 Å². The monoisotopic (exact) mass is 303 g/mol. The van der Waals surface area contributed by atoms with Gasteiger partial charge < -0.3 is 4.74 Å². The number of rotatable bonds is 8. The first-order valence-corrected chi connectivity index (χ1v) is 7.87. The molecule has 1 N–H and O–H groups in total. The normalized spacial score (nSPS) is 11.3. The summed E-state index contributed by atoms with van der Waals surface area (Å²) in [5.74, 6) is -0.866. The highest BCUT2D eigenvalue weighted by Crippen LogP contribution is 2.03. The third kappa shape index (κ3) is 6.63. The van der Waals surface area contributed by atoms with Gasteiger partial charge in [0.05, 0.1) is 12.9 Å². The molecule has 0 aromatic heterocycles. The number of ether oxygens (including phenoxy) is 1. The molecular weight excluding hydrogens is 285 g/mol. The third-order valence-electron chi connectivity index (χ3n) is 2.67. The second kappa shape index (κ2) is 7.96. The van der Waals surface area contributed by atoms with E-state index >= 15 is 0 Å². The number of carbonyl (C=O) groups excluding carboxylic acids is 1. The minimum Gasteiger partial charge on any atom is -0.469 e. The largest absolute Gasteiger partial charge is 0.469 e. The fraction of sp³-hybridized carbons (Fsp3) is 0.462. The molecule has 1 aromatic carbocycles. The lowest BCUT2D eigenvalue weighted by Crippen LogP contribution is -2.28. The van der Waals surface area contributed by atoms with Crippen molar-refractivity contribution in [2.24, 2.45) is 0 Å². The predicted octanol–water partition coefficient (Wildman–Crippen LogP) is 1.24. The van der Waals surface area contributed by atoms with Crippen LogP contribution in [-0.2, 0) is 26.0 Å². The molecule has 0 radical (unpaired) electrons. The Labute approximate surface area is 118 Å². The van der Waals surface area contributed by atoms with Crippen molar-refractivity contribution < 1.29 is 22.3 Å². The fourth-order valence-corrected chi connectivity index (χ4v) is 2.66. The fourth-order valence-electron chi connectivity index (χ4n) is 1.58. The van der Waals surface area contributed by atoms with Gasteiger partial charge in [-0.25, -0.2) is 17.5 Å². The lowest BCUT2D eigenvalue weighted by Gasteiger charge is -2.06. The maximum Gasteiger partial charge on any atom is 0.305 e. The highest BCUT2D eigenvalue weighted by atomic mass is 32.2. The van der Waals surface area contributed by atoms with Crippen LogP contribution >= 0.6 is 0 Å².